The summed E-state index contributed by atoms with van der Waals surface area (Å²) < 4.78 is 0. The van der Waals surface area contributed by atoms with Crippen molar-refractivity contribution in [1.82, 2.24) is 0 Å². The van der Waals surface area contributed by atoms with Gasteiger partial charge in [0.25, 0.3) is 0 Å². The third-order valence-corrected chi connectivity index (χ3v) is 11.2. The molecule has 0 aromatic rings. The summed E-state index contributed by atoms with van der Waals surface area (Å²) in [5.41, 5.74) is 4.86. The maximum Gasteiger partial charge on any atom is 0.145 e. The molecule has 0 aromatic heterocycles. The highest BCUT2D eigenvalue weighted by molar-refractivity contribution is 5.71. The monoisotopic (exact) mass is 438 g/mol. The predicted molar refractivity (Wildman–Crippen MR) is 133 cm³/mol. The fourth-order valence-electron chi connectivity index (χ4n) is 8.77. The largest absolute Gasteiger partial charge is 0.393 e. The highest BCUT2D eigenvalue weighted by atomic mass is 16.3. The van der Waals surface area contributed by atoms with Crippen molar-refractivity contribution in [2.75, 3.05) is 0 Å². The summed E-state index contributed by atoms with van der Waals surface area (Å²) in [6, 6.07) is 0. The summed E-state index contributed by atoms with van der Waals surface area (Å²) in [6.07, 6.45) is 17.2. The van der Waals surface area contributed by atoms with E-state index in [-0.39, 0.29) is 22.3 Å². The van der Waals surface area contributed by atoms with Gasteiger partial charge in [0.1, 0.15) is 6.29 Å². The van der Waals surface area contributed by atoms with Crippen LogP contribution >= 0.6 is 0 Å². The molecule has 0 saturated heterocycles. The van der Waals surface area contributed by atoms with Gasteiger partial charge in [-0.1, -0.05) is 59.8 Å². The number of aliphatic hydroxyl groups excluding tert-OH is 1. The van der Waals surface area contributed by atoms with Gasteiger partial charge < -0.3 is 5.11 Å². The minimum Gasteiger partial charge on any atom is -0.393 e. The topological polar surface area (TPSA) is 37.3 Å². The van der Waals surface area contributed by atoms with Gasteiger partial charge >= 0.3 is 0 Å². The molecular formula is C30H46O2. The van der Waals surface area contributed by atoms with Crippen molar-refractivity contribution < 1.29 is 9.90 Å². The van der Waals surface area contributed by atoms with E-state index in [1.54, 1.807) is 11.1 Å². The van der Waals surface area contributed by atoms with Crippen molar-refractivity contribution in [3.63, 3.8) is 0 Å². The molecule has 4 aliphatic carbocycles. The Hall–Kier alpha value is -1.15. The fourth-order valence-corrected chi connectivity index (χ4v) is 8.77. The lowest BCUT2D eigenvalue weighted by Crippen LogP contribution is -2.54. The van der Waals surface area contributed by atoms with Crippen LogP contribution < -0.4 is 0 Å². The summed E-state index contributed by atoms with van der Waals surface area (Å²) in [6.45, 7) is 16.6. The van der Waals surface area contributed by atoms with Crippen molar-refractivity contribution in [2.45, 2.75) is 106 Å². The lowest BCUT2D eigenvalue weighted by Gasteiger charge is -2.61. The van der Waals surface area contributed by atoms with E-state index < -0.39 is 0 Å². The Morgan fingerprint density at radius 3 is 2.53 bits per heavy atom. The summed E-state index contributed by atoms with van der Waals surface area (Å²) in [5, 5.41) is 10.8. The molecule has 0 unspecified atom stereocenters. The van der Waals surface area contributed by atoms with Crippen LogP contribution in [-0.2, 0) is 4.79 Å². The minimum atomic E-state index is -0.186. The molecule has 4 rings (SSSR count). The number of carbonyl (C=O) groups is 1. The van der Waals surface area contributed by atoms with Crippen molar-refractivity contribution in [3.05, 3.63) is 34.9 Å². The molecule has 0 radical (unpaired) electrons. The highest BCUT2D eigenvalue weighted by Gasteiger charge is 2.62. The highest BCUT2D eigenvalue weighted by Crippen LogP contribution is 2.71. The van der Waals surface area contributed by atoms with Crippen LogP contribution in [0.15, 0.2) is 34.9 Å². The smallest absolute Gasteiger partial charge is 0.145 e. The second-order valence-corrected chi connectivity index (χ2v) is 13.0. The number of hydrogen-bond acceptors (Lipinski definition) is 2. The molecule has 0 aliphatic heterocycles. The van der Waals surface area contributed by atoms with Crippen LogP contribution in [0.2, 0.25) is 0 Å². The number of aldehydes is 1. The van der Waals surface area contributed by atoms with Crippen LogP contribution in [0.5, 0.6) is 0 Å². The van der Waals surface area contributed by atoms with E-state index in [0.717, 1.165) is 43.5 Å². The van der Waals surface area contributed by atoms with Crippen LogP contribution in [0.25, 0.3) is 0 Å². The zero-order valence-electron chi connectivity index (χ0n) is 21.6. The van der Waals surface area contributed by atoms with E-state index in [1.807, 2.05) is 6.92 Å². The van der Waals surface area contributed by atoms with Gasteiger partial charge in [0.2, 0.25) is 0 Å². The second-order valence-electron chi connectivity index (χ2n) is 13.0. The fraction of sp³-hybridized carbons (Fsp3) is 0.767. The van der Waals surface area contributed by atoms with Gasteiger partial charge in [0, 0.05) is 0 Å². The molecule has 0 amide bonds. The molecule has 0 aromatic carbocycles. The van der Waals surface area contributed by atoms with Crippen LogP contribution in [0.1, 0.15) is 99.8 Å². The van der Waals surface area contributed by atoms with E-state index in [2.05, 4.69) is 59.8 Å². The van der Waals surface area contributed by atoms with Crippen LogP contribution in [0, 0.1) is 39.4 Å². The van der Waals surface area contributed by atoms with Crippen molar-refractivity contribution in [1.29, 1.82) is 0 Å². The SMILES string of the molecule is C/C(C=O)=C\CC[C@@H](C)[C@H]1CC[C@@]2(C)C3=CC[C@@H]4C(C)(C)[C@@H](O)CC[C@]4(C)C3=CC[C@]12C. The third-order valence-electron chi connectivity index (χ3n) is 11.2. The summed E-state index contributed by atoms with van der Waals surface area (Å²) in [5.74, 6) is 1.92. The average molecular weight is 439 g/mol. The van der Waals surface area contributed by atoms with Gasteiger partial charge in [-0.05, 0) is 114 Å². The molecule has 2 nitrogen and oxygen atoms in total. The van der Waals surface area contributed by atoms with Gasteiger partial charge in [-0.3, -0.25) is 4.79 Å². The van der Waals surface area contributed by atoms with Crippen LogP contribution in [0.4, 0.5) is 0 Å². The van der Waals surface area contributed by atoms with E-state index in [9.17, 15) is 9.90 Å². The maximum absolute atomic E-state index is 10.9. The molecule has 4 aliphatic rings. The van der Waals surface area contributed by atoms with Crippen LogP contribution in [0.3, 0.4) is 0 Å². The molecule has 2 saturated carbocycles. The molecule has 0 bridgehead atoms. The van der Waals surface area contributed by atoms with Gasteiger partial charge in [-0.25, -0.2) is 0 Å². The molecule has 178 valence electrons. The zero-order valence-corrected chi connectivity index (χ0v) is 21.6. The Morgan fingerprint density at radius 1 is 1.12 bits per heavy atom. The van der Waals surface area contributed by atoms with Crippen LogP contribution in [-0.4, -0.2) is 17.5 Å². The quantitative estimate of drug-likeness (QED) is 0.358. The van der Waals surface area contributed by atoms with E-state index in [0.29, 0.717) is 17.3 Å². The van der Waals surface area contributed by atoms with E-state index in [4.69, 9.17) is 0 Å². The number of allylic oxidation sites excluding steroid dienone is 6. The average Bonchev–Trinajstić information content (AvgIpc) is 3.02. The van der Waals surface area contributed by atoms with Gasteiger partial charge in [-0.15, -0.1) is 0 Å². The first-order valence-corrected chi connectivity index (χ1v) is 13.1. The first-order valence-electron chi connectivity index (χ1n) is 13.1. The Kier molecular flexibility index (Phi) is 5.97. The Labute approximate surface area is 196 Å². The predicted octanol–water partition coefficient (Wildman–Crippen LogP) is 7.43. The van der Waals surface area contributed by atoms with Crippen molar-refractivity contribution in [2.24, 2.45) is 39.4 Å². The van der Waals surface area contributed by atoms with Gasteiger partial charge in [-0.2, -0.15) is 0 Å². The molecular weight excluding hydrogens is 392 g/mol. The lowest BCUT2D eigenvalue weighted by atomic mass is 9.44. The third kappa shape index (κ3) is 3.26. The number of hydrogen-bond donors (Lipinski definition) is 1. The molecule has 0 heterocycles. The van der Waals surface area contributed by atoms with Crippen molar-refractivity contribution >= 4 is 6.29 Å². The minimum absolute atomic E-state index is 0.0303. The zero-order chi connectivity index (χ0) is 23.5. The van der Waals surface area contributed by atoms with E-state index >= 15 is 0 Å². The molecule has 32 heavy (non-hydrogen) atoms. The number of aliphatic hydroxyl groups is 1. The molecule has 2 fully saturated rings. The lowest BCUT2D eigenvalue weighted by molar-refractivity contribution is -0.104. The molecule has 1 N–H and O–H groups in total. The maximum atomic E-state index is 10.9. The molecule has 7 atom stereocenters. The first kappa shape index (κ1) is 24.0. The number of rotatable bonds is 5. The number of fused-ring (bicyclic) bond motifs is 5. The Bertz CT molecular complexity index is 860. The Balaban J connectivity index is 1.63. The van der Waals surface area contributed by atoms with Crippen molar-refractivity contribution in [3.8, 4) is 0 Å². The number of carbonyl (C=O) groups excluding carboxylic acids is 1. The Morgan fingerprint density at radius 2 is 1.84 bits per heavy atom. The second kappa shape index (κ2) is 7.97. The van der Waals surface area contributed by atoms with E-state index in [1.165, 1.54) is 25.7 Å². The summed E-state index contributed by atoms with van der Waals surface area (Å²) >= 11 is 0. The molecule has 0 spiro atoms. The van der Waals surface area contributed by atoms with Gasteiger partial charge in [0.05, 0.1) is 6.10 Å². The molecule has 2 heteroatoms. The summed E-state index contributed by atoms with van der Waals surface area (Å²) in [7, 11) is 0. The van der Waals surface area contributed by atoms with Gasteiger partial charge in [0.15, 0.2) is 0 Å². The first-order chi connectivity index (χ1) is 14.9. The summed E-state index contributed by atoms with van der Waals surface area (Å²) in [4.78, 5) is 10.9. The normalized spacial score (nSPS) is 44.0. The standard InChI is InChI=1S/C30H46O2/c1-20(19-31)9-8-10-21(2)22-13-17-30(7)24-11-12-25-27(3,4)26(32)15-16-28(25,5)23(24)14-18-29(22,30)6/h9,11,14,19,21-22,25-26,32H,8,10,12-13,15-18H2,1-7H3/b20-9+/t21-,22-,25-,26+,28-,29-,30+/m1/s1.